The summed E-state index contributed by atoms with van der Waals surface area (Å²) >= 11 is 0. The number of carbonyl (C=O) groups is 1. The smallest absolute Gasteiger partial charge is 0.289 e. The van der Waals surface area contributed by atoms with Gasteiger partial charge >= 0.3 is 0 Å². The topological polar surface area (TPSA) is 45.9 Å². The monoisotopic (exact) mass is 342 g/mol. The zero-order valence-electron chi connectivity index (χ0n) is 15.1. The minimum atomic E-state index is -0.00375. The molecule has 1 aromatic heterocycles. The van der Waals surface area contributed by atoms with Gasteiger partial charge in [0.1, 0.15) is 0 Å². The lowest BCUT2D eigenvalue weighted by Gasteiger charge is -2.35. The number of benzene rings is 1. The number of amides is 1. The average Bonchev–Trinajstić information content (AvgIpc) is 3.13. The molecular weight excluding hydrogens is 316 g/mol. The van der Waals surface area contributed by atoms with Crippen molar-refractivity contribution in [2.75, 3.05) is 33.8 Å². The number of hydrogen-bond acceptors (Lipinski definition) is 4. The Morgan fingerprint density at radius 1 is 1.16 bits per heavy atom. The number of methoxy groups -OCH3 is 1. The summed E-state index contributed by atoms with van der Waals surface area (Å²) in [5, 5.41) is 0.907. The van der Waals surface area contributed by atoms with E-state index in [1.807, 2.05) is 29.2 Å². The number of furan rings is 1. The molecule has 0 radical (unpaired) electrons. The quantitative estimate of drug-likeness (QED) is 0.837. The van der Waals surface area contributed by atoms with Crippen LogP contribution in [0.3, 0.4) is 0 Å². The molecule has 2 fully saturated rings. The average molecular weight is 342 g/mol. The predicted molar refractivity (Wildman–Crippen MR) is 97.1 cm³/mol. The Bertz CT molecular complexity index is 784. The summed E-state index contributed by atoms with van der Waals surface area (Å²) in [6.45, 7) is 2.79. The molecule has 5 nitrogen and oxygen atoms in total. The van der Waals surface area contributed by atoms with Crippen LogP contribution < -0.4 is 4.74 Å². The number of rotatable bonds is 2. The molecule has 1 aromatic carbocycles. The molecule has 1 atom stereocenters. The van der Waals surface area contributed by atoms with E-state index in [0.717, 1.165) is 31.3 Å². The molecule has 0 unspecified atom stereocenters. The Balaban J connectivity index is 1.55. The van der Waals surface area contributed by atoms with Crippen LogP contribution in [0, 0.1) is 0 Å². The Kier molecular flexibility index (Phi) is 4.20. The molecule has 4 rings (SSSR count). The Morgan fingerprint density at radius 3 is 2.68 bits per heavy atom. The van der Waals surface area contributed by atoms with E-state index in [4.69, 9.17) is 9.15 Å². The molecule has 1 spiro atoms. The lowest BCUT2D eigenvalue weighted by atomic mass is 9.88. The van der Waals surface area contributed by atoms with Crippen molar-refractivity contribution in [2.24, 2.45) is 0 Å². The molecule has 2 aliphatic rings. The molecule has 0 N–H and O–H groups in total. The largest absolute Gasteiger partial charge is 0.493 e. The number of fused-ring (bicyclic) bond motifs is 1. The molecule has 0 saturated carbocycles. The summed E-state index contributed by atoms with van der Waals surface area (Å²) in [5.41, 5.74) is 0.946. The number of hydrogen-bond donors (Lipinski definition) is 0. The molecule has 5 heteroatoms. The summed E-state index contributed by atoms with van der Waals surface area (Å²) in [7, 11) is 3.85. The minimum absolute atomic E-state index is 0.00375. The predicted octanol–water partition coefficient (Wildman–Crippen LogP) is 3.53. The first-order valence-electron chi connectivity index (χ1n) is 9.20. The summed E-state index contributed by atoms with van der Waals surface area (Å²) in [6, 6.07) is 7.55. The molecular formula is C20H26N2O3. The lowest BCUT2D eigenvalue weighted by Crippen LogP contribution is -2.42. The van der Waals surface area contributed by atoms with Crippen molar-refractivity contribution in [1.82, 2.24) is 9.80 Å². The van der Waals surface area contributed by atoms with Gasteiger partial charge in [0.15, 0.2) is 17.1 Å². The summed E-state index contributed by atoms with van der Waals surface area (Å²) in [6.07, 6.45) is 5.82. The maximum atomic E-state index is 13.0. The van der Waals surface area contributed by atoms with Crippen LogP contribution in [0.5, 0.6) is 5.75 Å². The van der Waals surface area contributed by atoms with Crippen molar-refractivity contribution in [3.63, 3.8) is 0 Å². The number of para-hydroxylation sites is 1. The van der Waals surface area contributed by atoms with Crippen LogP contribution in [0.2, 0.25) is 0 Å². The van der Waals surface area contributed by atoms with Gasteiger partial charge in [0, 0.05) is 24.0 Å². The third-order valence-corrected chi connectivity index (χ3v) is 6.09. The van der Waals surface area contributed by atoms with Gasteiger partial charge in [0.2, 0.25) is 0 Å². The second kappa shape index (κ2) is 6.37. The highest BCUT2D eigenvalue weighted by Gasteiger charge is 2.40. The van der Waals surface area contributed by atoms with Gasteiger partial charge in [-0.05, 0) is 57.8 Å². The second-order valence-corrected chi connectivity index (χ2v) is 7.38. The highest BCUT2D eigenvalue weighted by atomic mass is 16.5. The molecule has 0 aliphatic carbocycles. The molecule has 1 amide bonds. The first-order chi connectivity index (χ1) is 12.1. The summed E-state index contributed by atoms with van der Waals surface area (Å²) < 4.78 is 11.2. The molecule has 3 heterocycles. The Labute approximate surface area is 148 Å². The van der Waals surface area contributed by atoms with E-state index >= 15 is 0 Å². The minimum Gasteiger partial charge on any atom is -0.493 e. The summed E-state index contributed by atoms with van der Waals surface area (Å²) in [4.78, 5) is 17.5. The van der Waals surface area contributed by atoms with Crippen molar-refractivity contribution < 1.29 is 13.9 Å². The van der Waals surface area contributed by atoms with Crippen LogP contribution >= 0.6 is 0 Å². The van der Waals surface area contributed by atoms with Crippen LogP contribution in [0.25, 0.3) is 11.0 Å². The van der Waals surface area contributed by atoms with Crippen LogP contribution in [-0.4, -0.2) is 55.0 Å². The first kappa shape index (κ1) is 16.5. The first-order valence-corrected chi connectivity index (χ1v) is 9.20. The van der Waals surface area contributed by atoms with Crippen molar-refractivity contribution in [3.8, 4) is 5.75 Å². The Morgan fingerprint density at radius 2 is 1.96 bits per heavy atom. The second-order valence-electron chi connectivity index (χ2n) is 7.38. The van der Waals surface area contributed by atoms with E-state index in [-0.39, 0.29) is 5.91 Å². The fraction of sp³-hybridized carbons (Fsp3) is 0.550. The van der Waals surface area contributed by atoms with Gasteiger partial charge < -0.3 is 19.0 Å². The van der Waals surface area contributed by atoms with Crippen LogP contribution in [0.4, 0.5) is 0 Å². The molecule has 134 valence electrons. The standard InChI is InChI=1S/C20H26N2O3/c1-21-11-4-8-20(21)9-5-12-22(13-10-20)19(23)17-14-15-6-3-7-16(24-2)18(15)25-17/h3,6-7,14H,4-5,8-13H2,1-2H3/t20-/m1/s1. The van der Waals surface area contributed by atoms with Gasteiger partial charge in [0.05, 0.1) is 7.11 Å². The lowest BCUT2D eigenvalue weighted by molar-refractivity contribution is 0.0720. The highest BCUT2D eigenvalue weighted by molar-refractivity contribution is 5.97. The van der Waals surface area contributed by atoms with Gasteiger partial charge in [-0.25, -0.2) is 0 Å². The number of likely N-dealkylation sites (tertiary alicyclic amines) is 2. The van der Waals surface area contributed by atoms with E-state index in [1.54, 1.807) is 7.11 Å². The SMILES string of the molecule is COc1cccc2cc(C(=O)N3CCC[C@]4(CCCN4C)CC3)oc12. The zero-order valence-corrected chi connectivity index (χ0v) is 15.1. The van der Waals surface area contributed by atoms with Gasteiger partial charge in [0.25, 0.3) is 5.91 Å². The van der Waals surface area contributed by atoms with Gasteiger partial charge in [-0.1, -0.05) is 12.1 Å². The van der Waals surface area contributed by atoms with Crippen LogP contribution in [0.15, 0.2) is 28.7 Å². The zero-order chi connectivity index (χ0) is 17.4. The maximum Gasteiger partial charge on any atom is 0.289 e. The molecule has 2 aromatic rings. The van der Waals surface area contributed by atoms with Crippen LogP contribution in [-0.2, 0) is 0 Å². The van der Waals surface area contributed by atoms with E-state index in [2.05, 4.69) is 11.9 Å². The van der Waals surface area contributed by atoms with E-state index < -0.39 is 0 Å². The van der Waals surface area contributed by atoms with Crippen molar-refractivity contribution in [1.29, 1.82) is 0 Å². The van der Waals surface area contributed by atoms with E-state index in [9.17, 15) is 4.79 Å². The maximum absolute atomic E-state index is 13.0. The normalized spacial score (nSPS) is 24.8. The fourth-order valence-corrected chi connectivity index (χ4v) is 4.55. The van der Waals surface area contributed by atoms with Gasteiger partial charge in [-0.15, -0.1) is 0 Å². The fourth-order valence-electron chi connectivity index (χ4n) is 4.55. The third kappa shape index (κ3) is 2.80. The number of ether oxygens (including phenoxy) is 1. The van der Waals surface area contributed by atoms with E-state index in [1.165, 1.54) is 25.8 Å². The molecule has 2 saturated heterocycles. The molecule has 0 bridgehead atoms. The van der Waals surface area contributed by atoms with Crippen molar-refractivity contribution >= 4 is 16.9 Å². The number of nitrogens with zero attached hydrogens (tertiary/aromatic N) is 2. The van der Waals surface area contributed by atoms with Crippen molar-refractivity contribution in [3.05, 3.63) is 30.0 Å². The van der Waals surface area contributed by atoms with Crippen molar-refractivity contribution in [2.45, 2.75) is 37.6 Å². The summed E-state index contributed by atoms with van der Waals surface area (Å²) in [5.74, 6) is 1.07. The third-order valence-electron chi connectivity index (χ3n) is 6.09. The molecule has 2 aliphatic heterocycles. The van der Waals surface area contributed by atoms with Gasteiger partial charge in [-0.2, -0.15) is 0 Å². The van der Waals surface area contributed by atoms with E-state index in [0.29, 0.717) is 22.6 Å². The molecule has 25 heavy (non-hydrogen) atoms. The van der Waals surface area contributed by atoms with Crippen LogP contribution in [0.1, 0.15) is 42.7 Å². The van der Waals surface area contributed by atoms with Gasteiger partial charge in [-0.3, -0.25) is 4.79 Å². The highest BCUT2D eigenvalue weighted by Crippen LogP contribution is 2.37. The number of carbonyl (C=O) groups excluding carboxylic acids is 1. The Hall–Kier alpha value is -2.01.